The van der Waals surface area contributed by atoms with Crippen LogP contribution < -0.4 is 11.3 Å². The molecule has 8 nitrogen and oxygen atoms in total. The summed E-state index contributed by atoms with van der Waals surface area (Å²) in [6, 6.07) is 12.1. The summed E-state index contributed by atoms with van der Waals surface area (Å²) in [6.45, 7) is 1.99. The van der Waals surface area contributed by atoms with Gasteiger partial charge in [0.05, 0.1) is 5.39 Å². The van der Waals surface area contributed by atoms with E-state index in [0.717, 1.165) is 17.8 Å². The Labute approximate surface area is 177 Å². The average molecular weight is 412 g/mol. The highest BCUT2D eigenvalue weighted by Gasteiger charge is 2.55. The van der Waals surface area contributed by atoms with Crippen molar-refractivity contribution in [3.05, 3.63) is 82.0 Å². The first-order valence-corrected chi connectivity index (χ1v) is 10.3. The topological polar surface area (TPSA) is 113 Å². The van der Waals surface area contributed by atoms with Gasteiger partial charge >= 0.3 is 0 Å². The van der Waals surface area contributed by atoms with Gasteiger partial charge < -0.3 is 10.3 Å². The molecule has 2 N–H and O–H groups in total. The maximum Gasteiger partial charge on any atom is 0.263 e. The Morgan fingerprint density at radius 3 is 2.84 bits per heavy atom. The minimum Gasteiger partial charge on any atom is -0.384 e. The van der Waals surface area contributed by atoms with E-state index >= 15 is 0 Å². The van der Waals surface area contributed by atoms with Crippen molar-refractivity contribution in [3.63, 3.8) is 0 Å². The van der Waals surface area contributed by atoms with Gasteiger partial charge in [0.25, 0.3) is 5.56 Å². The SMILES string of the molecule is Cc1cc(N)nc2ncn(Cc3nc([C@H]4[C@@H]5C=C(c6ccccc6)C[C@@H]54)no3)c(=O)c12. The molecule has 0 saturated heterocycles. The number of benzene rings is 1. The Balaban J connectivity index is 1.22. The minimum atomic E-state index is -0.200. The zero-order chi connectivity index (χ0) is 21.1. The molecule has 1 aromatic carbocycles. The van der Waals surface area contributed by atoms with Crippen LogP contribution in [-0.2, 0) is 6.54 Å². The Morgan fingerprint density at radius 2 is 2.06 bits per heavy atom. The Morgan fingerprint density at radius 1 is 1.23 bits per heavy atom. The average Bonchev–Trinajstić information content (AvgIpc) is 3.09. The number of aryl methyl sites for hydroxylation is 1. The summed E-state index contributed by atoms with van der Waals surface area (Å²) in [6.07, 6.45) is 4.83. The van der Waals surface area contributed by atoms with E-state index in [1.807, 2.05) is 13.0 Å². The summed E-state index contributed by atoms with van der Waals surface area (Å²) < 4.78 is 6.92. The fraction of sp³-hybridized carbons (Fsp3) is 0.261. The maximum absolute atomic E-state index is 12.9. The molecule has 8 heteroatoms. The predicted molar refractivity (Wildman–Crippen MR) is 115 cm³/mol. The zero-order valence-corrected chi connectivity index (χ0v) is 16.9. The molecule has 0 aliphatic heterocycles. The summed E-state index contributed by atoms with van der Waals surface area (Å²) in [7, 11) is 0. The van der Waals surface area contributed by atoms with Crippen LogP contribution in [0.3, 0.4) is 0 Å². The highest BCUT2D eigenvalue weighted by atomic mass is 16.5. The molecule has 0 unspecified atom stereocenters. The summed E-state index contributed by atoms with van der Waals surface area (Å²) in [5, 5.41) is 4.65. The van der Waals surface area contributed by atoms with Crippen molar-refractivity contribution >= 4 is 22.4 Å². The number of nitrogens with zero attached hydrogens (tertiary/aromatic N) is 5. The molecule has 1 saturated carbocycles. The number of fused-ring (bicyclic) bond motifs is 2. The second-order valence-corrected chi connectivity index (χ2v) is 8.32. The lowest BCUT2D eigenvalue weighted by molar-refractivity contribution is 0.364. The van der Waals surface area contributed by atoms with Crippen LogP contribution in [0, 0.1) is 18.8 Å². The van der Waals surface area contributed by atoms with Crippen LogP contribution in [0.4, 0.5) is 5.82 Å². The number of aromatic nitrogens is 5. The molecular weight excluding hydrogens is 392 g/mol. The van der Waals surface area contributed by atoms with E-state index in [4.69, 9.17) is 10.3 Å². The van der Waals surface area contributed by atoms with Crippen molar-refractivity contribution in [1.29, 1.82) is 0 Å². The smallest absolute Gasteiger partial charge is 0.263 e. The van der Waals surface area contributed by atoms with Gasteiger partial charge in [-0.25, -0.2) is 9.97 Å². The molecule has 3 heterocycles. The van der Waals surface area contributed by atoms with Crippen molar-refractivity contribution < 1.29 is 4.52 Å². The minimum absolute atomic E-state index is 0.172. The van der Waals surface area contributed by atoms with Gasteiger partial charge in [0.2, 0.25) is 5.89 Å². The summed E-state index contributed by atoms with van der Waals surface area (Å²) in [4.78, 5) is 25.9. The van der Waals surface area contributed by atoms with Gasteiger partial charge in [-0.05, 0) is 47.9 Å². The third-order valence-electron chi connectivity index (χ3n) is 6.32. The monoisotopic (exact) mass is 412 g/mol. The quantitative estimate of drug-likeness (QED) is 0.548. The Bertz CT molecular complexity index is 1400. The van der Waals surface area contributed by atoms with Crippen LogP contribution >= 0.6 is 0 Å². The molecule has 2 aliphatic rings. The molecule has 0 radical (unpaired) electrons. The molecular formula is C23H20N6O2. The molecule has 6 rings (SSSR count). The van der Waals surface area contributed by atoms with Crippen LogP contribution in [0.5, 0.6) is 0 Å². The van der Waals surface area contributed by atoms with Gasteiger partial charge in [0.1, 0.15) is 18.7 Å². The number of pyridine rings is 1. The number of rotatable bonds is 4. The predicted octanol–water partition coefficient (Wildman–Crippen LogP) is 2.93. The van der Waals surface area contributed by atoms with Crippen molar-refractivity contribution in [2.24, 2.45) is 11.8 Å². The molecule has 0 amide bonds. The van der Waals surface area contributed by atoms with E-state index in [0.29, 0.717) is 40.5 Å². The normalized spacial score (nSPS) is 21.8. The number of hydrogen-bond donors (Lipinski definition) is 1. The molecule has 0 spiro atoms. The first-order valence-electron chi connectivity index (χ1n) is 10.3. The standard InChI is InChI=1S/C23H20N6O2/c1-12-7-17(24)26-21-19(12)23(30)29(11-25-21)10-18-27-22(28-31-18)20-15-8-14(9-16(15)20)13-5-3-2-4-6-13/h2-8,11,15-16,20H,9-10H2,1H3,(H2,24,26)/t15-,16+,20+/m1/s1. The van der Waals surface area contributed by atoms with E-state index < -0.39 is 0 Å². The van der Waals surface area contributed by atoms with Crippen molar-refractivity contribution in [1.82, 2.24) is 24.7 Å². The van der Waals surface area contributed by atoms with Crippen LogP contribution in [0.2, 0.25) is 0 Å². The van der Waals surface area contributed by atoms with Crippen LogP contribution in [0.1, 0.15) is 35.2 Å². The fourth-order valence-corrected chi connectivity index (χ4v) is 4.76. The highest BCUT2D eigenvalue weighted by molar-refractivity contribution is 5.79. The van der Waals surface area contributed by atoms with E-state index in [9.17, 15) is 4.79 Å². The summed E-state index contributed by atoms with van der Waals surface area (Å²) in [5.74, 6) is 2.76. The Kier molecular flexibility index (Phi) is 3.83. The van der Waals surface area contributed by atoms with Gasteiger partial charge in [-0.1, -0.05) is 41.6 Å². The second-order valence-electron chi connectivity index (χ2n) is 8.32. The van der Waals surface area contributed by atoms with Gasteiger partial charge in [-0.2, -0.15) is 4.98 Å². The number of allylic oxidation sites excluding steroid dienone is 2. The van der Waals surface area contributed by atoms with Gasteiger partial charge in [-0.15, -0.1) is 0 Å². The molecule has 154 valence electrons. The molecule has 31 heavy (non-hydrogen) atoms. The fourth-order valence-electron chi connectivity index (χ4n) is 4.76. The van der Waals surface area contributed by atoms with E-state index in [-0.39, 0.29) is 12.1 Å². The maximum atomic E-state index is 12.9. The second kappa shape index (κ2) is 6.60. The van der Waals surface area contributed by atoms with E-state index in [1.54, 1.807) is 6.07 Å². The van der Waals surface area contributed by atoms with E-state index in [1.165, 1.54) is 22.0 Å². The first kappa shape index (κ1) is 18.0. The molecule has 3 aromatic heterocycles. The summed E-state index contributed by atoms with van der Waals surface area (Å²) >= 11 is 0. The molecule has 4 aromatic rings. The number of hydrogen-bond acceptors (Lipinski definition) is 7. The van der Waals surface area contributed by atoms with Gasteiger partial charge in [0.15, 0.2) is 11.5 Å². The first-order chi connectivity index (χ1) is 15.1. The number of anilines is 1. The van der Waals surface area contributed by atoms with Gasteiger partial charge in [-0.3, -0.25) is 9.36 Å². The highest BCUT2D eigenvalue weighted by Crippen LogP contribution is 2.62. The lowest BCUT2D eigenvalue weighted by Gasteiger charge is -2.06. The third kappa shape index (κ3) is 2.94. The van der Waals surface area contributed by atoms with E-state index in [2.05, 4.69) is 50.5 Å². The molecule has 1 fully saturated rings. The molecule has 0 bridgehead atoms. The zero-order valence-electron chi connectivity index (χ0n) is 16.9. The number of nitrogen functional groups attached to an aromatic ring is 1. The Hall–Kier alpha value is -3.81. The largest absolute Gasteiger partial charge is 0.384 e. The van der Waals surface area contributed by atoms with Crippen LogP contribution in [-0.4, -0.2) is 24.7 Å². The van der Waals surface area contributed by atoms with Gasteiger partial charge in [0, 0.05) is 5.92 Å². The lowest BCUT2D eigenvalue weighted by Crippen LogP contribution is -2.22. The molecule has 3 atom stereocenters. The van der Waals surface area contributed by atoms with Crippen LogP contribution in [0.25, 0.3) is 16.6 Å². The molecule has 2 aliphatic carbocycles. The van der Waals surface area contributed by atoms with Crippen molar-refractivity contribution in [2.45, 2.75) is 25.8 Å². The van der Waals surface area contributed by atoms with Crippen LogP contribution in [0.15, 0.2) is 58.1 Å². The third-order valence-corrected chi connectivity index (χ3v) is 6.32. The lowest BCUT2D eigenvalue weighted by atomic mass is 10.0. The number of nitrogens with two attached hydrogens (primary N) is 1. The van der Waals surface area contributed by atoms with Crippen molar-refractivity contribution in [3.8, 4) is 0 Å². The van der Waals surface area contributed by atoms with Crippen molar-refractivity contribution in [2.75, 3.05) is 5.73 Å². The summed E-state index contributed by atoms with van der Waals surface area (Å²) in [5.41, 5.74) is 9.33.